The van der Waals surface area contributed by atoms with Crippen molar-refractivity contribution in [3.8, 4) is 0 Å². The number of benzene rings is 4. The van der Waals surface area contributed by atoms with E-state index in [0.29, 0.717) is 68.2 Å². The number of nitrogens with one attached hydrogen (secondary N) is 5. The number of nitrogens with zero attached hydrogens (tertiary/aromatic N) is 11. The fourth-order valence-electron chi connectivity index (χ4n) is 17.6. The van der Waals surface area contributed by atoms with E-state index in [-0.39, 0.29) is 124 Å². The molecule has 0 saturated carbocycles. The standard InChI is InChI=1S/C42H49N9O8S.C23H30N6O4S.C19H19N3O5/c1-60(58,59)30-7-4-25(5-8-30)19-33-37(38(43)53)44-21-35(46-33)50-15-2-3-28(24-50)45-39(54)27-14-16-48(23-27)22-26-12-17-49(18-13-26)29-6-9-31-32(20-29)42(57)51(41(31)56)34-10-11-36(52)47-40(34)55;1-34(32,33)18-6-4-15(5-7-18)11-19-21(22(24)30)26-13-20(28-19)29-10-2-3-17(14-29)27-23(31)16-8-9-25-12-16;23-10-11-5-7-21(8-6-11)12-1-2-13-14(9-12)19(27)22(18(13)26)15-3-4-16(24)20-17(15)25/h4-9,20-21,26-28,34H,2-3,10-19,22-24H2,1H3,(H2,43,53)(H,45,54)(H,47,52,55);4-7,13,16-17,25H,2-3,8-12,14H2,1H3,(H2,24,30)(H,27,31);1-2,9-11,15H,3-8H2,(H,20,24,25). The number of carbonyl (C=O) groups is 13. The monoisotopic (exact) mass is 1690 g/mol. The van der Waals surface area contributed by atoms with E-state index >= 15 is 0 Å². The van der Waals surface area contributed by atoms with Gasteiger partial charge < -0.3 is 56.7 Å². The number of nitrogens with two attached hydrogens (primary N) is 2. The number of rotatable bonds is 21. The van der Waals surface area contributed by atoms with Gasteiger partial charge in [-0.3, -0.25) is 78.0 Å². The van der Waals surface area contributed by atoms with Crippen LogP contribution in [0.15, 0.2) is 107 Å². The lowest BCUT2D eigenvalue weighted by Gasteiger charge is -2.35. The molecule has 37 heteroatoms. The molecule has 0 spiro atoms. The van der Waals surface area contributed by atoms with Crippen LogP contribution in [0.25, 0.3) is 0 Å². The van der Waals surface area contributed by atoms with Crippen molar-refractivity contribution in [3.05, 3.63) is 153 Å². The van der Waals surface area contributed by atoms with Gasteiger partial charge in [0, 0.05) is 140 Å². The van der Waals surface area contributed by atoms with Gasteiger partial charge in [0.25, 0.3) is 35.4 Å². The highest BCUT2D eigenvalue weighted by atomic mass is 32.2. The molecular formula is C84H98N18O17S2. The molecule has 9 N–H and O–H groups in total. The minimum Gasteiger partial charge on any atom is -0.371 e. The number of primary amides is 2. The van der Waals surface area contributed by atoms with Gasteiger partial charge in [0.05, 0.1) is 67.7 Å². The Balaban J connectivity index is 0.000000165. The lowest BCUT2D eigenvalue weighted by molar-refractivity contribution is -0.137. The van der Waals surface area contributed by atoms with Crippen molar-refractivity contribution in [1.82, 2.24) is 61.2 Å². The van der Waals surface area contributed by atoms with Crippen molar-refractivity contribution in [2.75, 3.05) is 117 Å². The molecule has 121 heavy (non-hydrogen) atoms. The predicted molar refractivity (Wildman–Crippen MR) is 440 cm³/mol. The number of likely N-dealkylation sites (tertiary alicyclic amines) is 1. The van der Waals surface area contributed by atoms with Crippen molar-refractivity contribution in [3.63, 3.8) is 0 Å². The van der Waals surface area contributed by atoms with Crippen LogP contribution in [0.4, 0.5) is 23.0 Å². The molecule has 638 valence electrons. The Bertz CT molecular complexity index is 5340. The van der Waals surface area contributed by atoms with Gasteiger partial charge in [-0.25, -0.2) is 36.8 Å². The van der Waals surface area contributed by atoms with Crippen LogP contribution in [-0.2, 0) is 66.1 Å². The maximum atomic E-state index is 13.6. The number of sulfone groups is 2. The van der Waals surface area contributed by atoms with Crippen LogP contribution in [0, 0.1) is 23.7 Å². The van der Waals surface area contributed by atoms with Crippen LogP contribution in [0.3, 0.4) is 0 Å². The minimum absolute atomic E-state index is 0.0192. The molecule has 8 saturated heterocycles. The Kier molecular flexibility index (Phi) is 25.9. The number of carbonyl (C=O) groups excluding carboxylic acids is 13. The second kappa shape index (κ2) is 36.6. The van der Waals surface area contributed by atoms with Gasteiger partial charge in [0.15, 0.2) is 19.7 Å². The summed E-state index contributed by atoms with van der Waals surface area (Å²) in [5, 5.41) is 14.1. The number of aldehydes is 1. The molecule has 12 amide bonds. The Morgan fingerprint density at radius 3 is 1.35 bits per heavy atom. The van der Waals surface area contributed by atoms with Gasteiger partial charge in [-0.2, -0.15) is 0 Å². The fraction of sp³-hybridized carbons (Fsp3) is 0.464. The third-order valence-electron chi connectivity index (χ3n) is 24.3. The zero-order valence-electron chi connectivity index (χ0n) is 67.3. The summed E-state index contributed by atoms with van der Waals surface area (Å²) >= 11 is 0. The first-order valence-corrected chi connectivity index (χ1v) is 44.8. The van der Waals surface area contributed by atoms with Crippen molar-refractivity contribution in [2.24, 2.45) is 35.1 Å². The molecule has 0 aliphatic carbocycles. The van der Waals surface area contributed by atoms with E-state index in [1.54, 1.807) is 60.8 Å². The van der Waals surface area contributed by atoms with E-state index in [1.807, 2.05) is 6.07 Å². The number of amides is 12. The maximum Gasteiger partial charge on any atom is 0.269 e. The molecular weight excluding hydrogens is 1600 g/mol. The van der Waals surface area contributed by atoms with E-state index < -0.39 is 90.8 Å². The first-order chi connectivity index (χ1) is 57.9. The van der Waals surface area contributed by atoms with Crippen molar-refractivity contribution in [1.29, 1.82) is 0 Å². The van der Waals surface area contributed by atoms with E-state index in [2.05, 4.69) is 61.1 Å². The first-order valence-electron chi connectivity index (χ1n) is 41.0. The lowest BCUT2D eigenvalue weighted by atomic mass is 9.95. The number of hydrogen-bond acceptors (Lipinski definition) is 27. The normalized spacial score (nSPS) is 22.4. The predicted octanol–water partition coefficient (Wildman–Crippen LogP) is 2.06. The van der Waals surface area contributed by atoms with Gasteiger partial charge in [-0.05, 0) is 168 Å². The molecule has 8 fully saturated rings. The van der Waals surface area contributed by atoms with Crippen molar-refractivity contribution >= 4 is 120 Å². The molecule has 0 bridgehead atoms. The molecule has 35 nitrogen and oxygen atoms in total. The Morgan fingerprint density at radius 1 is 0.496 bits per heavy atom. The minimum atomic E-state index is -3.35. The maximum absolute atomic E-state index is 13.6. The van der Waals surface area contributed by atoms with Crippen LogP contribution >= 0.6 is 0 Å². The SMILES string of the molecule is CS(=O)(=O)c1ccc(Cc2nc(N3CCCC(NC(=O)C4CCN(CC5CCN(c6ccc7c(c6)C(=O)N(C6CCC(=O)NC6=O)C7=O)CC5)C4)C3)cnc2C(N)=O)cc1.CS(=O)(=O)c1ccc(Cc2nc(N3CCCC(NC(=O)C4CCNC4)C3)cnc2C(N)=O)cc1.O=CC1CCN(c2ccc3c(c2)C(=O)N(C2CCC(=O)NC2=O)C3=O)CC1. The number of aromatic nitrogens is 4. The molecule has 2 aromatic heterocycles. The Hall–Kier alpha value is -11.8. The summed E-state index contributed by atoms with van der Waals surface area (Å²) in [6.07, 6.45) is 15.8. The molecule has 0 radical (unpaired) electrons. The average molecular weight is 1700 g/mol. The highest BCUT2D eigenvalue weighted by Crippen LogP contribution is 2.36. The van der Waals surface area contributed by atoms with E-state index in [9.17, 15) is 79.2 Å². The van der Waals surface area contributed by atoms with Crippen LogP contribution in [-0.4, -0.2) is 250 Å². The van der Waals surface area contributed by atoms with E-state index in [1.165, 1.54) is 30.5 Å². The zero-order chi connectivity index (χ0) is 85.7. The summed E-state index contributed by atoms with van der Waals surface area (Å²) in [6.45, 7) is 9.66. The summed E-state index contributed by atoms with van der Waals surface area (Å²) in [5.74, 6) is -3.68. The van der Waals surface area contributed by atoms with Gasteiger partial charge in [-0.15, -0.1) is 0 Å². The Labute approximate surface area is 699 Å². The summed E-state index contributed by atoms with van der Waals surface area (Å²) in [4.78, 5) is 192. The smallest absolute Gasteiger partial charge is 0.269 e. The molecule has 12 heterocycles. The van der Waals surface area contributed by atoms with E-state index in [4.69, 9.17) is 21.4 Å². The van der Waals surface area contributed by atoms with Gasteiger partial charge in [-0.1, -0.05) is 24.3 Å². The third-order valence-corrected chi connectivity index (χ3v) is 26.5. The quantitative estimate of drug-likeness (QED) is 0.0400. The second-order valence-electron chi connectivity index (χ2n) is 32.7. The molecule has 10 aliphatic rings. The second-order valence-corrected chi connectivity index (χ2v) is 36.8. The number of imide groups is 4. The van der Waals surface area contributed by atoms with Gasteiger partial charge >= 0.3 is 0 Å². The van der Waals surface area contributed by atoms with Crippen LogP contribution < -0.4 is 57.7 Å². The molecule has 6 aromatic rings. The highest BCUT2D eigenvalue weighted by Gasteiger charge is 2.47. The van der Waals surface area contributed by atoms with Crippen LogP contribution in [0.5, 0.6) is 0 Å². The van der Waals surface area contributed by atoms with Crippen LogP contribution in [0.1, 0.15) is 175 Å². The highest BCUT2D eigenvalue weighted by molar-refractivity contribution is 7.91. The number of anilines is 4. The number of fused-ring (bicyclic) bond motifs is 2. The van der Waals surface area contributed by atoms with Gasteiger partial charge in [0.2, 0.25) is 35.4 Å². The molecule has 16 rings (SSSR count). The topological polar surface area (TPSA) is 477 Å². The molecule has 10 aliphatic heterocycles. The summed E-state index contributed by atoms with van der Waals surface area (Å²) in [6, 6.07) is 21.2. The largest absolute Gasteiger partial charge is 0.371 e. The third kappa shape index (κ3) is 19.8. The molecule has 4 aromatic carbocycles. The van der Waals surface area contributed by atoms with Crippen LogP contribution in [0.2, 0.25) is 0 Å². The molecule has 6 unspecified atom stereocenters. The summed E-state index contributed by atoms with van der Waals surface area (Å²) in [5.41, 5.74) is 16.5. The molecule has 6 atom stereocenters. The van der Waals surface area contributed by atoms with E-state index in [0.717, 1.165) is 161 Å². The first kappa shape index (κ1) is 85.6. The average Bonchev–Trinajstić information content (AvgIpc) is 1.61. The van der Waals surface area contributed by atoms with Gasteiger partial charge in [0.1, 0.15) is 41.4 Å². The van der Waals surface area contributed by atoms with Crippen molar-refractivity contribution in [2.45, 2.75) is 137 Å². The summed E-state index contributed by atoms with van der Waals surface area (Å²) < 4.78 is 47.2. The van der Waals surface area contributed by atoms with Crippen molar-refractivity contribution < 1.29 is 79.2 Å². The number of hydrogen-bond donors (Lipinski definition) is 7. The zero-order valence-corrected chi connectivity index (χ0v) is 68.9. The fourth-order valence-corrected chi connectivity index (χ4v) is 18.8. The summed E-state index contributed by atoms with van der Waals surface area (Å²) in [7, 11) is -6.65. The number of piperidine rings is 6. The Morgan fingerprint density at radius 2 is 0.934 bits per heavy atom. The lowest BCUT2D eigenvalue weighted by Crippen LogP contribution is -2.54.